The number of methoxy groups -OCH3 is 2. The van der Waals surface area contributed by atoms with Crippen LogP contribution in [0.3, 0.4) is 0 Å². The Labute approximate surface area is 349 Å². The summed E-state index contributed by atoms with van der Waals surface area (Å²) in [6.45, 7) is 0.490. The van der Waals surface area contributed by atoms with Crippen molar-refractivity contribution in [1.29, 1.82) is 0 Å². The van der Waals surface area contributed by atoms with Gasteiger partial charge in [0.25, 0.3) is 5.56 Å². The van der Waals surface area contributed by atoms with Crippen molar-refractivity contribution >= 4 is 17.1 Å². The van der Waals surface area contributed by atoms with E-state index in [0.29, 0.717) is 30.1 Å². The molecule has 2 heterocycles. The zero-order valence-electron chi connectivity index (χ0n) is 33.6. The summed E-state index contributed by atoms with van der Waals surface area (Å²) in [5.41, 5.74) is 3.52. The molecule has 0 saturated carbocycles. The fourth-order valence-electron chi connectivity index (χ4n) is 8.17. The Morgan fingerprint density at radius 3 is 1.68 bits per heavy atom. The van der Waals surface area contributed by atoms with Crippen molar-refractivity contribution in [2.45, 2.75) is 24.1 Å². The summed E-state index contributed by atoms with van der Waals surface area (Å²) in [5, 5.41) is 14.5. The molecule has 1 atom stereocenters. The Morgan fingerprint density at radius 1 is 0.667 bits per heavy atom. The normalized spacial score (nSPS) is 12.2. The number of aliphatic hydroxyl groups excluding tert-OH is 1. The molecule has 0 saturated heterocycles. The lowest BCUT2D eigenvalue weighted by atomic mass is 9.76. The topological polar surface area (TPSA) is 124 Å². The third-order valence-corrected chi connectivity index (χ3v) is 11.1. The van der Waals surface area contributed by atoms with Crippen LogP contribution in [0.25, 0.3) is 11.2 Å². The highest BCUT2D eigenvalue weighted by Gasteiger charge is 2.41. The minimum absolute atomic E-state index is 0.130. The van der Waals surface area contributed by atoms with Crippen LogP contribution in [0.5, 0.6) is 11.5 Å². The Kier molecular flexibility index (Phi) is 11.8. The number of aliphatic hydroxyl groups is 1. The van der Waals surface area contributed by atoms with Gasteiger partial charge in [-0.2, -0.15) is 4.98 Å². The summed E-state index contributed by atoms with van der Waals surface area (Å²) in [6, 6.07) is 56.0. The number of imidazole rings is 1. The molecule has 0 aliphatic rings. The second-order valence-corrected chi connectivity index (χ2v) is 14.6. The summed E-state index contributed by atoms with van der Waals surface area (Å²) in [6.07, 6.45) is 2.13. The molecule has 302 valence electrons. The van der Waals surface area contributed by atoms with E-state index in [4.69, 9.17) is 19.2 Å². The lowest BCUT2D eigenvalue weighted by molar-refractivity contribution is -0.0219. The van der Waals surface area contributed by atoms with Crippen LogP contribution in [0.4, 0.5) is 5.95 Å². The molecule has 6 aromatic carbocycles. The first-order chi connectivity index (χ1) is 29.5. The van der Waals surface area contributed by atoms with E-state index in [1.807, 2.05) is 150 Å². The van der Waals surface area contributed by atoms with Gasteiger partial charge in [-0.3, -0.25) is 9.78 Å². The quantitative estimate of drug-likeness (QED) is 0.0784. The molecule has 0 spiro atoms. The van der Waals surface area contributed by atoms with E-state index >= 15 is 0 Å². The summed E-state index contributed by atoms with van der Waals surface area (Å²) in [7, 11) is 3.31. The van der Waals surface area contributed by atoms with Crippen LogP contribution in [0.1, 0.15) is 39.8 Å². The third-order valence-electron chi connectivity index (χ3n) is 11.1. The molecule has 0 amide bonds. The first-order valence-corrected chi connectivity index (χ1v) is 20.0. The van der Waals surface area contributed by atoms with Crippen LogP contribution in [0.2, 0.25) is 0 Å². The van der Waals surface area contributed by atoms with Crippen LogP contribution in [0, 0.1) is 5.92 Å². The molecule has 2 aromatic heterocycles. The molecule has 60 heavy (non-hydrogen) atoms. The average Bonchev–Trinajstić information content (AvgIpc) is 3.74. The molecular formula is C50H47N5O5. The van der Waals surface area contributed by atoms with Gasteiger partial charge >= 0.3 is 0 Å². The van der Waals surface area contributed by atoms with Crippen molar-refractivity contribution in [2.24, 2.45) is 5.92 Å². The zero-order chi connectivity index (χ0) is 41.4. The predicted molar refractivity (Wildman–Crippen MR) is 234 cm³/mol. The molecule has 0 radical (unpaired) electrons. The number of nitrogens with one attached hydrogen (secondary N) is 2. The molecule has 0 aliphatic carbocycles. The van der Waals surface area contributed by atoms with Gasteiger partial charge in [-0.15, -0.1) is 0 Å². The SMILES string of the molecule is COc1ccccc1C(Nc1nc2c(ncn2CCC(CO)COC(c2ccccc2)(c2ccccc2)c2ccccc2OC)c(=O)[nH]1)(c1ccccc1)c1ccccc1. The van der Waals surface area contributed by atoms with E-state index in [0.717, 1.165) is 33.4 Å². The smallest absolute Gasteiger partial charge is 0.280 e. The number of para-hydroxylation sites is 2. The number of hydrogen-bond acceptors (Lipinski definition) is 8. The Morgan fingerprint density at radius 2 is 1.15 bits per heavy atom. The van der Waals surface area contributed by atoms with Crippen molar-refractivity contribution in [3.05, 3.63) is 220 Å². The number of hydrogen-bond donors (Lipinski definition) is 3. The Balaban J connectivity index is 1.14. The van der Waals surface area contributed by atoms with Gasteiger partial charge in [0.1, 0.15) is 22.6 Å². The molecule has 1 unspecified atom stereocenters. The van der Waals surface area contributed by atoms with Gasteiger partial charge in [0.05, 0.1) is 27.2 Å². The second-order valence-electron chi connectivity index (χ2n) is 14.6. The standard InChI is InChI=1S/C50H47N5O5/c1-58-43-29-17-15-27-41(43)49(37-19-7-3-8-20-37,38-21-9-4-10-22-38)54-48-52-46-45(47(57)53-48)51-35-55(46)32-31-36(33-56)34-60-50(39-23-11-5-12-24-39,40-25-13-6-14-26-40)42-28-16-18-30-44(42)59-2/h3-30,35-36,56H,31-34H2,1-2H3,(H2,52,53,54,57). The van der Waals surface area contributed by atoms with Gasteiger partial charge in [0.2, 0.25) is 5.95 Å². The number of ether oxygens (including phenoxy) is 3. The fraction of sp³-hybridized carbons (Fsp3) is 0.180. The van der Waals surface area contributed by atoms with E-state index < -0.39 is 11.1 Å². The fourth-order valence-corrected chi connectivity index (χ4v) is 8.17. The second kappa shape index (κ2) is 17.9. The molecular weight excluding hydrogens is 751 g/mol. The number of H-pyrrole nitrogens is 1. The first-order valence-electron chi connectivity index (χ1n) is 20.0. The Bertz CT molecular complexity index is 2610. The van der Waals surface area contributed by atoms with Gasteiger partial charge < -0.3 is 29.2 Å². The van der Waals surface area contributed by atoms with Gasteiger partial charge in [0.15, 0.2) is 11.2 Å². The van der Waals surface area contributed by atoms with Crippen LogP contribution >= 0.6 is 0 Å². The van der Waals surface area contributed by atoms with Crippen molar-refractivity contribution < 1.29 is 19.3 Å². The monoisotopic (exact) mass is 797 g/mol. The van der Waals surface area contributed by atoms with Crippen LogP contribution in [-0.2, 0) is 22.4 Å². The number of aromatic nitrogens is 4. The van der Waals surface area contributed by atoms with E-state index in [-0.39, 0.29) is 36.2 Å². The average molecular weight is 798 g/mol. The molecule has 0 bridgehead atoms. The summed E-state index contributed by atoms with van der Waals surface area (Å²) >= 11 is 0. The number of fused-ring (bicyclic) bond motifs is 1. The van der Waals surface area contributed by atoms with Gasteiger partial charge in [-0.1, -0.05) is 158 Å². The first kappa shape index (κ1) is 39.8. The minimum Gasteiger partial charge on any atom is -0.496 e. The van der Waals surface area contributed by atoms with Crippen molar-refractivity contribution in [1.82, 2.24) is 19.5 Å². The highest BCUT2D eigenvalue weighted by atomic mass is 16.5. The lowest BCUT2D eigenvalue weighted by Gasteiger charge is -2.37. The highest BCUT2D eigenvalue weighted by molar-refractivity contribution is 5.72. The Hall–Kier alpha value is -7.01. The number of aryl methyl sites for hydroxylation is 1. The largest absolute Gasteiger partial charge is 0.496 e. The lowest BCUT2D eigenvalue weighted by Crippen LogP contribution is -2.39. The maximum atomic E-state index is 13.8. The van der Waals surface area contributed by atoms with Crippen molar-refractivity contribution in [3.8, 4) is 11.5 Å². The summed E-state index contributed by atoms with van der Waals surface area (Å²) in [5.74, 6) is 1.31. The molecule has 8 rings (SSSR count). The summed E-state index contributed by atoms with van der Waals surface area (Å²) in [4.78, 5) is 26.3. The molecule has 0 fully saturated rings. The van der Waals surface area contributed by atoms with Crippen LogP contribution in [-0.4, -0.2) is 52.1 Å². The zero-order valence-corrected chi connectivity index (χ0v) is 33.6. The molecule has 8 aromatic rings. The molecule has 3 N–H and O–H groups in total. The molecule has 10 nitrogen and oxygen atoms in total. The highest BCUT2D eigenvalue weighted by Crippen LogP contribution is 2.45. The van der Waals surface area contributed by atoms with Crippen LogP contribution in [0.15, 0.2) is 181 Å². The number of anilines is 1. The van der Waals surface area contributed by atoms with Crippen molar-refractivity contribution in [3.63, 3.8) is 0 Å². The van der Waals surface area contributed by atoms with E-state index in [2.05, 4.69) is 39.6 Å². The number of rotatable bonds is 17. The third kappa shape index (κ3) is 7.54. The van der Waals surface area contributed by atoms with Gasteiger partial charge in [-0.25, -0.2) is 4.98 Å². The van der Waals surface area contributed by atoms with E-state index in [9.17, 15) is 9.90 Å². The van der Waals surface area contributed by atoms with Gasteiger partial charge in [-0.05, 0) is 40.8 Å². The molecule has 0 aliphatic heterocycles. The molecule has 10 heteroatoms. The van der Waals surface area contributed by atoms with E-state index in [1.165, 1.54) is 0 Å². The predicted octanol–water partition coefficient (Wildman–Crippen LogP) is 8.55. The van der Waals surface area contributed by atoms with Crippen molar-refractivity contribution in [2.75, 3.05) is 32.8 Å². The maximum absolute atomic E-state index is 13.8. The maximum Gasteiger partial charge on any atom is 0.280 e. The van der Waals surface area contributed by atoms with Crippen LogP contribution < -0.4 is 20.3 Å². The number of aromatic amines is 1. The number of benzene rings is 6. The summed E-state index contributed by atoms with van der Waals surface area (Å²) < 4.78 is 20.8. The van der Waals surface area contributed by atoms with E-state index in [1.54, 1.807) is 20.5 Å². The number of nitrogens with zero attached hydrogens (tertiary/aromatic N) is 3. The minimum atomic E-state index is -1.05. The van der Waals surface area contributed by atoms with Gasteiger partial charge in [0, 0.05) is 30.2 Å².